The third-order valence-corrected chi connectivity index (χ3v) is 5.82. The van der Waals surface area contributed by atoms with E-state index in [-0.39, 0.29) is 23.9 Å². The van der Waals surface area contributed by atoms with Crippen molar-refractivity contribution in [2.24, 2.45) is 0 Å². The molecule has 1 aromatic heterocycles. The molecule has 0 radical (unpaired) electrons. The van der Waals surface area contributed by atoms with Gasteiger partial charge in [0.25, 0.3) is 0 Å². The van der Waals surface area contributed by atoms with E-state index < -0.39 is 12.1 Å². The lowest BCUT2D eigenvalue weighted by atomic mass is 10.1. The van der Waals surface area contributed by atoms with Gasteiger partial charge in [-0.3, -0.25) is 19.5 Å². The van der Waals surface area contributed by atoms with Crippen LogP contribution in [0.1, 0.15) is 22.6 Å². The topological polar surface area (TPSA) is 115 Å². The van der Waals surface area contributed by atoms with Crippen molar-refractivity contribution in [3.05, 3.63) is 66.0 Å². The number of hydrogen-bond acceptors (Lipinski definition) is 7. The van der Waals surface area contributed by atoms with Crippen LogP contribution in [0.4, 0.5) is 4.79 Å². The first-order chi connectivity index (χ1) is 15.5. The summed E-state index contributed by atoms with van der Waals surface area (Å²) in [5, 5.41) is 14.1. The number of carbonyl (C=O) groups excluding carboxylic acids is 3. The molecule has 3 amide bonds. The highest BCUT2D eigenvalue weighted by atomic mass is 32.2. The molecule has 0 saturated carbocycles. The summed E-state index contributed by atoms with van der Waals surface area (Å²) < 4.78 is 7.17. The Morgan fingerprint density at radius 2 is 1.97 bits per heavy atom. The minimum atomic E-state index is -0.526. The molecule has 1 unspecified atom stereocenters. The van der Waals surface area contributed by atoms with Crippen LogP contribution in [-0.4, -0.2) is 51.4 Å². The maximum atomic E-state index is 12.6. The van der Waals surface area contributed by atoms with Gasteiger partial charge in [-0.15, -0.1) is 10.2 Å². The molecule has 9 nitrogen and oxygen atoms in total. The number of thioether (sulfide) groups is 1. The predicted octanol–water partition coefficient (Wildman–Crippen LogP) is 2.39. The van der Waals surface area contributed by atoms with E-state index in [0.29, 0.717) is 28.7 Å². The normalized spacial score (nSPS) is 15.7. The summed E-state index contributed by atoms with van der Waals surface area (Å²) in [6, 6.07) is 15.5. The van der Waals surface area contributed by atoms with E-state index in [0.717, 1.165) is 5.69 Å². The maximum absolute atomic E-state index is 12.6. The fourth-order valence-electron chi connectivity index (χ4n) is 3.39. The third kappa shape index (κ3) is 4.97. The zero-order valence-corrected chi connectivity index (χ0v) is 18.1. The van der Waals surface area contributed by atoms with Gasteiger partial charge in [-0.25, -0.2) is 4.79 Å². The SMILES string of the molecule is COc1cccc(-n2c(CC3CC(=O)NC(=O)N3)nnc2SCC(=O)c2ccccc2)c1. The highest BCUT2D eigenvalue weighted by Gasteiger charge is 2.27. The third-order valence-electron chi connectivity index (χ3n) is 4.89. The molecule has 32 heavy (non-hydrogen) atoms. The molecule has 0 aliphatic carbocycles. The number of ketones is 1. The van der Waals surface area contributed by atoms with Gasteiger partial charge in [0.05, 0.1) is 18.6 Å². The van der Waals surface area contributed by atoms with E-state index in [4.69, 9.17) is 4.74 Å². The van der Waals surface area contributed by atoms with Gasteiger partial charge in [-0.05, 0) is 12.1 Å². The molecule has 1 atom stereocenters. The predicted molar refractivity (Wildman–Crippen MR) is 118 cm³/mol. The van der Waals surface area contributed by atoms with E-state index in [1.807, 2.05) is 47.0 Å². The summed E-state index contributed by atoms with van der Waals surface area (Å²) in [5.74, 6) is 1.05. The van der Waals surface area contributed by atoms with Crippen LogP contribution in [0.15, 0.2) is 59.8 Å². The van der Waals surface area contributed by atoms with Gasteiger partial charge >= 0.3 is 6.03 Å². The number of methoxy groups -OCH3 is 1. The fraction of sp³-hybridized carbons (Fsp3) is 0.227. The van der Waals surface area contributed by atoms with E-state index >= 15 is 0 Å². The summed E-state index contributed by atoms with van der Waals surface area (Å²) in [7, 11) is 1.58. The molecular formula is C22H21N5O4S. The van der Waals surface area contributed by atoms with Crippen molar-refractivity contribution in [1.82, 2.24) is 25.4 Å². The molecule has 1 aliphatic rings. The van der Waals surface area contributed by atoms with Crippen molar-refractivity contribution in [2.75, 3.05) is 12.9 Å². The van der Waals surface area contributed by atoms with Gasteiger partial charge in [-0.1, -0.05) is 48.2 Å². The average Bonchev–Trinajstić information content (AvgIpc) is 3.19. The van der Waals surface area contributed by atoms with Gasteiger partial charge in [0, 0.05) is 30.5 Å². The van der Waals surface area contributed by atoms with E-state index in [9.17, 15) is 14.4 Å². The molecule has 0 spiro atoms. The Hall–Kier alpha value is -3.66. The van der Waals surface area contributed by atoms with Crippen LogP contribution in [0, 0.1) is 0 Å². The second-order valence-corrected chi connectivity index (χ2v) is 8.08. The lowest BCUT2D eigenvalue weighted by Gasteiger charge is -2.23. The van der Waals surface area contributed by atoms with Crippen molar-refractivity contribution in [3.63, 3.8) is 0 Å². The second-order valence-electron chi connectivity index (χ2n) is 7.14. The number of hydrogen-bond donors (Lipinski definition) is 2. The van der Waals surface area contributed by atoms with Crippen LogP contribution in [0.3, 0.4) is 0 Å². The van der Waals surface area contributed by atoms with Crippen LogP contribution >= 0.6 is 11.8 Å². The van der Waals surface area contributed by atoms with Gasteiger partial charge < -0.3 is 10.1 Å². The first-order valence-electron chi connectivity index (χ1n) is 9.93. The first-order valence-corrected chi connectivity index (χ1v) is 10.9. The molecule has 0 bridgehead atoms. The molecular weight excluding hydrogens is 430 g/mol. The number of Topliss-reactive ketones (excluding diaryl/α,β-unsaturated/α-hetero) is 1. The van der Waals surface area contributed by atoms with Gasteiger partial charge in [-0.2, -0.15) is 0 Å². The highest BCUT2D eigenvalue weighted by molar-refractivity contribution is 7.99. The quantitative estimate of drug-likeness (QED) is 0.399. The Kier molecular flexibility index (Phi) is 6.50. The molecule has 1 fully saturated rings. The van der Waals surface area contributed by atoms with Gasteiger partial charge in [0.1, 0.15) is 11.6 Å². The van der Waals surface area contributed by atoms with Crippen molar-refractivity contribution in [2.45, 2.75) is 24.0 Å². The lowest BCUT2D eigenvalue weighted by Crippen LogP contribution is -2.53. The Labute approximate surface area is 188 Å². The van der Waals surface area contributed by atoms with Crippen molar-refractivity contribution < 1.29 is 19.1 Å². The van der Waals surface area contributed by atoms with Crippen LogP contribution in [-0.2, 0) is 11.2 Å². The average molecular weight is 452 g/mol. The van der Waals surface area contributed by atoms with Crippen LogP contribution in [0.25, 0.3) is 5.69 Å². The Morgan fingerprint density at radius 3 is 2.72 bits per heavy atom. The van der Waals surface area contributed by atoms with Gasteiger partial charge in [0.15, 0.2) is 10.9 Å². The number of aromatic nitrogens is 3. The van der Waals surface area contributed by atoms with Crippen molar-refractivity contribution >= 4 is 29.5 Å². The number of amides is 3. The van der Waals surface area contributed by atoms with E-state index in [1.165, 1.54) is 11.8 Å². The molecule has 3 aromatic rings. The first kappa shape index (κ1) is 21.6. The van der Waals surface area contributed by atoms with Crippen molar-refractivity contribution in [1.29, 1.82) is 0 Å². The number of benzene rings is 2. The van der Waals surface area contributed by atoms with Crippen LogP contribution < -0.4 is 15.4 Å². The monoisotopic (exact) mass is 451 g/mol. The van der Waals surface area contributed by atoms with Gasteiger partial charge in [0.2, 0.25) is 5.91 Å². The molecule has 2 N–H and O–H groups in total. The van der Waals surface area contributed by atoms with E-state index in [2.05, 4.69) is 20.8 Å². The number of ether oxygens (including phenoxy) is 1. The molecule has 2 heterocycles. The molecule has 1 aliphatic heterocycles. The number of imide groups is 1. The van der Waals surface area contributed by atoms with Crippen LogP contribution in [0.5, 0.6) is 5.75 Å². The summed E-state index contributed by atoms with van der Waals surface area (Å²) >= 11 is 1.27. The Morgan fingerprint density at radius 1 is 1.16 bits per heavy atom. The summed E-state index contributed by atoms with van der Waals surface area (Å²) in [4.78, 5) is 36.0. The number of rotatable bonds is 8. The number of nitrogens with zero attached hydrogens (tertiary/aromatic N) is 3. The Balaban J connectivity index is 1.61. The number of urea groups is 1. The zero-order valence-electron chi connectivity index (χ0n) is 17.3. The lowest BCUT2D eigenvalue weighted by molar-refractivity contribution is -0.121. The summed E-state index contributed by atoms with van der Waals surface area (Å²) in [6.45, 7) is 0. The minimum Gasteiger partial charge on any atom is -0.497 e. The molecule has 1 saturated heterocycles. The van der Waals surface area contributed by atoms with Crippen LogP contribution in [0.2, 0.25) is 0 Å². The largest absolute Gasteiger partial charge is 0.497 e. The molecule has 4 rings (SSSR count). The minimum absolute atomic E-state index is 0.0199. The number of nitrogens with one attached hydrogen (secondary N) is 2. The summed E-state index contributed by atoms with van der Waals surface area (Å²) in [5.41, 5.74) is 1.38. The summed E-state index contributed by atoms with van der Waals surface area (Å²) in [6.07, 6.45) is 0.447. The Bertz CT molecular complexity index is 1130. The second kappa shape index (κ2) is 9.65. The molecule has 164 valence electrons. The smallest absolute Gasteiger partial charge is 0.321 e. The fourth-order valence-corrected chi connectivity index (χ4v) is 4.26. The van der Waals surface area contributed by atoms with Crippen molar-refractivity contribution in [3.8, 4) is 11.4 Å². The highest BCUT2D eigenvalue weighted by Crippen LogP contribution is 2.26. The zero-order chi connectivity index (χ0) is 22.5. The standard InChI is InChI=1S/C22H21N5O4S/c1-31-17-9-5-8-16(12-17)27-19(10-15-11-20(29)24-21(30)23-15)25-26-22(27)32-13-18(28)14-6-3-2-4-7-14/h2-9,12,15H,10-11,13H2,1H3,(H2,23,24,29,30). The maximum Gasteiger partial charge on any atom is 0.321 e. The number of carbonyl (C=O) groups is 3. The molecule has 2 aromatic carbocycles. The molecule has 10 heteroatoms. The van der Waals surface area contributed by atoms with E-state index in [1.54, 1.807) is 19.2 Å².